The van der Waals surface area contributed by atoms with Gasteiger partial charge in [0.25, 0.3) is 0 Å². The summed E-state index contributed by atoms with van der Waals surface area (Å²) < 4.78 is 27.4. The number of carbonyl (C=O) groups excluding carboxylic acids is 1. The third-order valence-electron chi connectivity index (χ3n) is 6.23. The number of rotatable bonds is 6. The molecule has 0 spiro atoms. The molecule has 1 heterocycles. The van der Waals surface area contributed by atoms with Crippen LogP contribution in [0.5, 0.6) is 0 Å². The fourth-order valence-electron chi connectivity index (χ4n) is 4.11. The maximum absolute atomic E-state index is 12.9. The van der Waals surface area contributed by atoms with Crippen LogP contribution in [0.3, 0.4) is 0 Å². The van der Waals surface area contributed by atoms with Crippen LogP contribution in [0.1, 0.15) is 48.1 Å². The van der Waals surface area contributed by atoms with Gasteiger partial charge in [0.15, 0.2) is 0 Å². The fraction of sp³-hybridized carbons (Fsp3) is 0.458. The number of sulfonamides is 1. The van der Waals surface area contributed by atoms with Crippen LogP contribution in [-0.2, 0) is 14.8 Å². The van der Waals surface area contributed by atoms with Crippen molar-refractivity contribution in [1.29, 1.82) is 0 Å². The number of hydrogen-bond acceptors (Lipinski definition) is 4. The molecule has 0 radical (unpaired) electrons. The quantitative estimate of drug-likeness (QED) is 0.639. The van der Waals surface area contributed by atoms with Crippen LogP contribution in [0.25, 0.3) is 0 Å². The van der Waals surface area contributed by atoms with Crippen LogP contribution >= 0.6 is 11.8 Å². The van der Waals surface area contributed by atoms with Crippen LogP contribution in [0.4, 0.5) is 0 Å². The lowest BCUT2D eigenvalue weighted by Gasteiger charge is -2.31. The number of benzene rings is 2. The van der Waals surface area contributed by atoms with Crippen molar-refractivity contribution >= 4 is 27.7 Å². The summed E-state index contributed by atoms with van der Waals surface area (Å²) in [4.78, 5) is 14.2. The fourth-order valence-corrected chi connectivity index (χ4v) is 5.99. The normalized spacial score (nSPS) is 16.8. The molecule has 1 aliphatic rings. The van der Waals surface area contributed by atoms with E-state index in [0.29, 0.717) is 30.8 Å². The molecule has 7 heteroatoms. The van der Waals surface area contributed by atoms with Crippen molar-refractivity contribution in [2.24, 2.45) is 5.92 Å². The van der Waals surface area contributed by atoms with E-state index in [-0.39, 0.29) is 17.9 Å². The summed E-state index contributed by atoms with van der Waals surface area (Å²) in [5, 5.41) is 3.14. The van der Waals surface area contributed by atoms with E-state index in [0.717, 1.165) is 10.5 Å². The van der Waals surface area contributed by atoms with E-state index in [1.165, 1.54) is 21.0 Å². The molecule has 0 saturated carbocycles. The van der Waals surface area contributed by atoms with Crippen molar-refractivity contribution in [1.82, 2.24) is 9.62 Å². The molecule has 168 valence electrons. The second-order valence-corrected chi connectivity index (χ2v) is 11.2. The Balaban J connectivity index is 1.61. The zero-order valence-corrected chi connectivity index (χ0v) is 20.6. The highest BCUT2D eigenvalue weighted by Gasteiger charge is 2.32. The molecule has 1 atom stereocenters. The third-order valence-corrected chi connectivity index (χ3v) is 8.89. The van der Waals surface area contributed by atoms with Gasteiger partial charge in [-0.25, -0.2) is 8.42 Å². The van der Waals surface area contributed by atoms with Gasteiger partial charge >= 0.3 is 0 Å². The number of nitrogens with zero attached hydrogens (tertiary/aromatic N) is 1. The molecule has 2 aromatic rings. The van der Waals surface area contributed by atoms with E-state index in [4.69, 9.17) is 0 Å². The Kier molecular flexibility index (Phi) is 7.50. The molecule has 5 nitrogen and oxygen atoms in total. The monoisotopic (exact) mass is 460 g/mol. The minimum Gasteiger partial charge on any atom is -0.349 e. The van der Waals surface area contributed by atoms with Crippen molar-refractivity contribution in [2.45, 2.75) is 56.4 Å². The Labute approximate surface area is 190 Å². The summed E-state index contributed by atoms with van der Waals surface area (Å²) in [7, 11) is -3.52. The van der Waals surface area contributed by atoms with Crippen LogP contribution in [0.2, 0.25) is 0 Å². The summed E-state index contributed by atoms with van der Waals surface area (Å²) in [6.45, 7) is 8.97. The van der Waals surface area contributed by atoms with Crippen molar-refractivity contribution in [2.75, 3.05) is 19.3 Å². The zero-order valence-electron chi connectivity index (χ0n) is 18.9. The first-order valence-electron chi connectivity index (χ1n) is 10.7. The Morgan fingerprint density at radius 3 is 2.19 bits per heavy atom. The molecule has 0 unspecified atom stereocenters. The molecular weight excluding hydrogens is 428 g/mol. The van der Waals surface area contributed by atoms with E-state index in [1.807, 2.05) is 25.3 Å². The highest BCUT2D eigenvalue weighted by Crippen LogP contribution is 2.27. The van der Waals surface area contributed by atoms with Gasteiger partial charge in [-0.3, -0.25) is 4.79 Å². The Hall–Kier alpha value is -1.83. The molecular formula is C24H32N2O3S2. The molecule has 2 aromatic carbocycles. The molecule has 0 bridgehead atoms. The van der Waals surface area contributed by atoms with E-state index in [1.54, 1.807) is 23.9 Å². The average molecular weight is 461 g/mol. The first-order chi connectivity index (χ1) is 14.6. The predicted molar refractivity (Wildman–Crippen MR) is 127 cm³/mol. The molecule has 1 saturated heterocycles. The van der Waals surface area contributed by atoms with E-state index >= 15 is 0 Å². The summed E-state index contributed by atoms with van der Waals surface area (Å²) in [6.07, 6.45) is 3.03. The minimum atomic E-state index is -3.52. The lowest BCUT2D eigenvalue weighted by Crippen LogP contribution is -2.43. The molecule has 1 N–H and O–H groups in total. The number of aryl methyl sites for hydroxylation is 3. The SMILES string of the molecule is CSc1ccc(S(=O)(=O)N2CCC(C(=O)N[C@H](C)c3cc(C)c(C)cc3C)CC2)cc1. The molecule has 1 aliphatic heterocycles. The van der Waals surface area contributed by atoms with Gasteiger partial charge in [0, 0.05) is 23.9 Å². The van der Waals surface area contributed by atoms with Crippen LogP contribution in [0, 0.1) is 26.7 Å². The first kappa shape index (κ1) is 23.8. The average Bonchev–Trinajstić information content (AvgIpc) is 2.76. The Bertz CT molecular complexity index is 1040. The predicted octanol–water partition coefficient (Wildman–Crippen LogP) is 4.61. The van der Waals surface area contributed by atoms with E-state index in [2.05, 4.69) is 38.2 Å². The Morgan fingerprint density at radius 2 is 1.61 bits per heavy atom. The van der Waals surface area contributed by atoms with Gasteiger partial charge in [-0.15, -0.1) is 11.8 Å². The number of thioether (sulfide) groups is 1. The van der Waals surface area contributed by atoms with Gasteiger partial charge in [0.1, 0.15) is 0 Å². The molecule has 0 aromatic heterocycles. The number of amides is 1. The standard InChI is InChI=1S/C24H32N2O3S2/c1-16-14-18(3)23(15-17(16)2)19(4)25-24(27)20-10-12-26(13-11-20)31(28,29)22-8-6-21(30-5)7-9-22/h6-9,14-15,19-20H,10-13H2,1-5H3,(H,25,27)/t19-/m1/s1. The minimum absolute atomic E-state index is 0.00602. The maximum atomic E-state index is 12.9. The number of piperidine rings is 1. The van der Waals surface area contributed by atoms with Crippen LogP contribution in [-0.4, -0.2) is 38.0 Å². The van der Waals surface area contributed by atoms with E-state index in [9.17, 15) is 13.2 Å². The van der Waals surface area contributed by atoms with Crippen molar-refractivity contribution in [3.05, 3.63) is 58.7 Å². The van der Waals surface area contributed by atoms with Gasteiger partial charge in [0.05, 0.1) is 10.9 Å². The van der Waals surface area contributed by atoms with Gasteiger partial charge < -0.3 is 5.32 Å². The molecule has 3 rings (SSSR count). The Morgan fingerprint density at radius 1 is 1.03 bits per heavy atom. The van der Waals surface area contributed by atoms with Crippen molar-refractivity contribution in [3.63, 3.8) is 0 Å². The van der Waals surface area contributed by atoms with Gasteiger partial charge in [0.2, 0.25) is 15.9 Å². The van der Waals surface area contributed by atoms with Crippen LogP contribution in [0.15, 0.2) is 46.2 Å². The molecule has 1 fully saturated rings. The molecule has 31 heavy (non-hydrogen) atoms. The molecule has 1 amide bonds. The maximum Gasteiger partial charge on any atom is 0.243 e. The van der Waals surface area contributed by atoms with Crippen LogP contribution < -0.4 is 5.32 Å². The summed E-state index contributed by atoms with van der Waals surface area (Å²) in [5.74, 6) is -0.161. The van der Waals surface area contributed by atoms with Gasteiger partial charge in [-0.2, -0.15) is 4.31 Å². The summed E-state index contributed by atoms with van der Waals surface area (Å²) in [5.41, 5.74) is 4.76. The molecule has 0 aliphatic carbocycles. The lowest BCUT2D eigenvalue weighted by molar-refractivity contribution is -0.126. The lowest BCUT2D eigenvalue weighted by atomic mass is 9.94. The number of hydrogen-bond donors (Lipinski definition) is 1. The third kappa shape index (κ3) is 5.33. The summed E-state index contributed by atoms with van der Waals surface area (Å²) in [6, 6.07) is 11.2. The largest absolute Gasteiger partial charge is 0.349 e. The van der Waals surface area contributed by atoms with Gasteiger partial charge in [-0.05, 0) is 93.3 Å². The smallest absolute Gasteiger partial charge is 0.243 e. The van der Waals surface area contributed by atoms with Gasteiger partial charge in [-0.1, -0.05) is 12.1 Å². The first-order valence-corrected chi connectivity index (χ1v) is 13.3. The van der Waals surface area contributed by atoms with Crippen molar-refractivity contribution < 1.29 is 13.2 Å². The highest BCUT2D eigenvalue weighted by molar-refractivity contribution is 7.98. The summed E-state index contributed by atoms with van der Waals surface area (Å²) >= 11 is 1.58. The number of carbonyl (C=O) groups is 1. The highest BCUT2D eigenvalue weighted by atomic mass is 32.2. The van der Waals surface area contributed by atoms with Crippen molar-refractivity contribution in [3.8, 4) is 0 Å². The topological polar surface area (TPSA) is 66.5 Å². The second kappa shape index (κ2) is 9.76. The number of nitrogens with one attached hydrogen (secondary N) is 1. The second-order valence-electron chi connectivity index (χ2n) is 8.38. The zero-order chi connectivity index (χ0) is 22.8. The van der Waals surface area contributed by atoms with E-state index < -0.39 is 10.0 Å².